The lowest BCUT2D eigenvalue weighted by Crippen LogP contribution is -2.16. The molecule has 0 aromatic heterocycles. The summed E-state index contributed by atoms with van der Waals surface area (Å²) < 4.78 is 13.4. The Morgan fingerprint density at radius 1 is 1.38 bits per heavy atom. The normalized spacial score (nSPS) is 16.3. The van der Waals surface area contributed by atoms with Crippen molar-refractivity contribution in [3.8, 4) is 0 Å². The van der Waals surface area contributed by atoms with Gasteiger partial charge in [0, 0.05) is 11.7 Å². The number of hydrogen-bond donors (Lipinski definition) is 2. The highest BCUT2D eigenvalue weighted by molar-refractivity contribution is 5.93. The van der Waals surface area contributed by atoms with Crippen LogP contribution in [-0.4, -0.2) is 11.9 Å². The summed E-state index contributed by atoms with van der Waals surface area (Å²) in [4.78, 5) is 10.8. The molecule has 1 aromatic carbocycles. The van der Waals surface area contributed by atoms with Gasteiger partial charge in [-0.05, 0) is 31.0 Å². The molecule has 1 fully saturated rings. The molecular weight excluding hydrogens is 207 g/mol. The summed E-state index contributed by atoms with van der Waals surface area (Å²) in [5.74, 6) is -1.29. The van der Waals surface area contributed by atoms with Crippen molar-refractivity contribution in [1.82, 2.24) is 0 Å². The zero-order valence-electron chi connectivity index (χ0n) is 9.00. The lowest BCUT2D eigenvalue weighted by atomic mass is 10.1. The molecule has 4 heteroatoms. The van der Waals surface area contributed by atoms with Gasteiger partial charge in [-0.2, -0.15) is 0 Å². The van der Waals surface area contributed by atoms with Gasteiger partial charge in [0.2, 0.25) is 0 Å². The van der Waals surface area contributed by atoms with E-state index in [4.69, 9.17) is 5.73 Å². The van der Waals surface area contributed by atoms with Gasteiger partial charge in [-0.25, -0.2) is 4.39 Å². The van der Waals surface area contributed by atoms with Crippen LogP contribution in [0.2, 0.25) is 0 Å². The molecule has 1 saturated carbocycles. The number of primary amides is 1. The maximum Gasteiger partial charge on any atom is 0.251 e. The van der Waals surface area contributed by atoms with E-state index in [0.717, 1.165) is 18.5 Å². The molecule has 86 valence electrons. The number of nitrogens with one attached hydrogen (secondary N) is 1. The zero-order chi connectivity index (χ0) is 11.5. The molecule has 0 aliphatic heterocycles. The van der Waals surface area contributed by atoms with E-state index in [9.17, 15) is 9.18 Å². The number of benzene rings is 1. The van der Waals surface area contributed by atoms with Crippen LogP contribution in [0.5, 0.6) is 0 Å². The maximum absolute atomic E-state index is 13.4. The third kappa shape index (κ3) is 2.32. The van der Waals surface area contributed by atoms with E-state index in [2.05, 4.69) is 5.32 Å². The summed E-state index contributed by atoms with van der Waals surface area (Å²) in [6.07, 6.45) is 4.69. The first kappa shape index (κ1) is 10.9. The van der Waals surface area contributed by atoms with Crippen molar-refractivity contribution in [2.45, 2.75) is 31.7 Å². The van der Waals surface area contributed by atoms with Gasteiger partial charge in [-0.3, -0.25) is 4.79 Å². The first-order chi connectivity index (χ1) is 7.66. The Balaban J connectivity index is 2.11. The van der Waals surface area contributed by atoms with Gasteiger partial charge in [0.05, 0.1) is 5.56 Å². The molecule has 0 bridgehead atoms. The fourth-order valence-electron chi connectivity index (χ4n) is 2.11. The quantitative estimate of drug-likeness (QED) is 0.824. The number of carbonyl (C=O) groups excluding carboxylic acids is 1. The second-order valence-electron chi connectivity index (χ2n) is 4.18. The largest absolute Gasteiger partial charge is 0.382 e. The van der Waals surface area contributed by atoms with Crippen LogP contribution in [0, 0.1) is 5.82 Å². The number of anilines is 1. The molecule has 0 heterocycles. The van der Waals surface area contributed by atoms with E-state index in [1.54, 1.807) is 6.07 Å². The molecular formula is C12H15FN2O. The molecule has 0 atom stereocenters. The van der Waals surface area contributed by atoms with Crippen LogP contribution in [0.1, 0.15) is 36.0 Å². The Morgan fingerprint density at radius 2 is 2.06 bits per heavy atom. The Morgan fingerprint density at radius 3 is 2.62 bits per heavy atom. The Hall–Kier alpha value is -1.58. The number of amides is 1. The minimum Gasteiger partial charge on any atom is -0.382 e. The second-order valence-corrected chi connectivity index (χ2v) is 4.18. The molecule has 1 aliphatic carbocycles. The minimum atomic E-state index is -0.732. The molecule has 2 rings (SSSR count). The van der Waals surface area contributed by atoms with Crippen LogP contribution in [0.15, 0.2) is 18.2 Å². The highest BCUT2D eigenvalue weighted by Gasteiger charge is 2.15. The number of carbonyl (C=O) groups is 1. The third-order valence-corrected chi connectivity index (χ3v) is 2.96. The Bertz CT molecular complexity index is 400. The van der Waals surface area contributed by atoms with Crippen LogP contribution in [0.3, 0.4) is 0 Å². The number of halogens is 1. The summed E-state index contributed by atoms with van der Waals surface area (Å²) in [5.41, 5.74) is 5.69. The summed E-state index contributed by atoms with van der Waals surface area (Å²) in [7, 11) is 0. The molecule has 1 aliphatic rings. The van der Waals surface area contributed by atoms with Crippen molar-refractivity contribution < 1.29 is 9.18 Å². The lowest BCUT2D eigenvalue weighted by Gasteiger charge is -2.13. The van der Waals surface area contributed by atoms with Gasteiger partial charge in [0.1, 0.15) is 5.82 Å². The predicted octanol–water partition coefficient (Wildman–Crippen LogP) is 2.28. The molecule has 1 amide bonds. The van der Waals surface area contributed by atoms with Gasteiger partial charge < -0.3 is 11.1 Å². The van der Waals surface area contributed by atoms with Gasteiger partial charge in [0.25, 0.3) is 5.91 Å². The van der Waals surface area contributed by atoms with Crippen LogP contribution in [0.4, 0.5) is 10.1 Å². The standard InChI is InChI=1S/C12H15FN2O/c13-11-7-9(5-6-10(11)12(14)16)15-8-3-1-2-4-8/h5-8,15H,1-4H2,(H2,14,16). The first-order valence-corrected chi connectivity index (χ1v) is 5.52. The first-order valence-electron chi connectivity index (χ1n) is 5.52. The van der Waals surface area contributed by atoms with Crippen molar-refractivity contribution >= 4 is 11.6 Å². The fourth-order valence-corrected chi connectivity index (χ4v) is 2.11. The average molecular weight is 222 g/mol. The van der Waals surface area contributed by atoms with Crippen molar-refractivity contribution in [2.24, 2.45) is 5.73 Å². The summed E-state index contributed by atoms with van der Waals surface area (Å²) in [6.45, 7) is 0. The van der Waals surface area contributed by atoms with Crippen LogP contribution < -0.4 is 11.1 Å². The van der Waals surface area contributed by atoms with E-state index >= 15 is 0 Å². The van der Waals surface area contributed by atoms with E-state index in [0.29, 0.717) is 6.04 Å². The van der Waals surface area contributed by atoms with Crippen LogP contribution >= 0.6 is 0 Å². The van der Waals surface area contributed by atoms with E-state index in [-0.39, 0.29) is 5.56 Å². The predicted molar refractivity (Wildman–Crippen MR) is 60.8 cm³/mol. The Kier molecular flexibility index (Phi) is 3.08. The van der Waals surface area contributed by atoms with E-state index in [1.807, 2.05) is 0 Å². The molecule has 1 aromatic rings. The summed E-state index contributed by atoms with van der Waals surface area (Å²) in [5, 5.41) is 3.26. The number of hydrogen-bond acceptors (Lipinski definition) is 2. The molecule has 0 unspecified atom stereocenters. The average Bonchev–Trinajstić information content (AvgIpc) is 2.70. The maximum atomic E-state index is 13.4. The number of rotatable bonds is 3. The van der Waals surface area contributed by atoms with E-state index < -0.39 is 11.7 Å². The van der Waals surface area contributed by atoms with Crippen LogP contribution in [-0.2, 0) is 0 Å². The van der Waals surface area contributed by atoms with Gasteiger partial charge in [-0.15, -0.1) is 0 Å². The molecule has 0 spiro atoms. The lowest BCUT2D eigenvalue weighted by molar-refractivity contribution is 0.0996. The molecule has 16 heavy (non-hydrogen) atoms. The highest BCUT2D eigenvalue weighted by Crippen LogP contribution is 2.23. The van der Waals surface area contributed by atoms with Crippen molar-refractivity contribution in [3.63, 3.8) is 0 Å². The van der Waals surface area contributed by atoms with Crippen molar-refractivity contribution in [3.05, 3.63) is 29.6 Å². The fraction of sp³-hybridized carbons (Fsp3) is 0.417. The van der Waals surface area contributed by atoms with Gasteiger partial charge >= 0.3 is 0 Å². The van der Waals surface area contributed by atoms with Gasteiger partial charge in [0.15, 0.2) is 0 Å². The Labute approximate surface area is 93.8 Å². The van der Waals surface area contributed by atoms with Crippen LogP contribution in [0.25, 0.3) is 0 Å². The SMILES string of the molecule is NC(=O)c1ccc(NC2CCCC2)cc1F. The van der Waals surface area contributed by atoms with Gasteiger partial charge in [-0.1, -0.05) is 12.8 Å². The minimum absolute atomic E-state index is 0.0584. The molecule has 0 radical (unpaired) electrons. The summed E-state index contributed by atoms with van der Waals surface area (Å²) in [6, 6.07) is 4.88. The number of nitrogens with two attached hydrogens (primary N) is 1. The molecule has 3 nitrogen and oxygen atoms in total. The zero-order valence-corrected chi connectivity index (χ0v) is 9.00. The second kappa shape index (κ2) is 4.51. The smallest absolute Gasteiger partial charge is 0.251 e. The molecule has 3 N–H and O–H groups in total. The van der Waals surface area contributed by atoms with Crippen molar-refractivity contribution in [2.75, 3.05) is 5.32 Å². The third-order valence-electron chi connectivity index (χ3n) is 2.96. The summed E-state index contributed by atoms with van der Waals surface area (Å²) >= 11 is 0. The monoisotopic (exact) mass is 222 g/mol. The topological polar surface area (TPSA) is 55.1 Å². The highest BCUT2D eigenvalue weighted by atomic mass is 19.1. The van der Waals surface area contributed by atoms with E-state index in [1.165, 1.54) is 25.0 Å². The molecule has 0 saturated heterocycles. The van der Waals surface area contributed by atoms with Crippen molar-refractivity contribution in [1.29, 1.82) is 0 Å².